The van der Waals surface area contributed by atoms with Gasteiger partial charge in [-0.15, -0.1) is 11.3 Å². The number of aryl methyl sites for hydroxylation is 1. The Morgan fingerprint density at radius 3 is 2.73 bits per heavy atom. The van der Waals surface area contributed by atoms with Gasteiger partial charge in [0.05, 0.1) is 0 Å². The van der Waals surface area contributed by atoms with E-state index in [1.165, 1.54) is 16.4 Å². The molecule has 0 N–H and O–H groups in total. The van der Waals surface area contributed by atoms with E-state index >= 15 is 0 Å². The number of carbonyl (C=O) groups excluding carboxylic acids is 1. The number of thiophene rings is 1. The zero-order valence-corrected chi connectivity index (χ0v) is 18.6. The molecule has 1 aliphatic rings. The van der Waals surface area contributed by atoms with E-state index in [0.717, 1.165) is 28.4 Å². The summed E-state index contributed by atoms with van der Waals surface area (Å²) in [5.74, 6) is 0.724. The summed E-state index contributed by atoms with van der Waals surface area (Å²) in [6.45, 7) is 2.55. The number of thioether (sulfide) groups is 1. The van der Waals surface area contributed by atoms with Crippen molar-refractivity contribution in [2.45, 2.75) is 18.4 Å². The zero-order valence-electron chi connectivity index (χ0n) is 16.1. The minimum atomic E-state index is -3.76. The maximum Gasteiger partial charge on any atom is 0.350 e. The monoisotopic (exact) mass is 465 g/mol. The van der Waals surface area contributed by atoms with Crippen LogP contribution in [-0.4, -0.2) is 43.3 Å². The molecule has 1 aromatic carbocycles. The number of fused-ring (bicyclic) bond motifs is 1. The summed E-state index contributed by atoms with van der Waals surface area (Å²) < 4.78 is 37.9. The SMILES string of the molecule is Cc1ccc2c(COC(=O)c3sccc3S(=O)(=O)N3CCSCC3)cc(=O)oc2c1. The van der Waals surface area contributed by atoms with Crippen molar-refractivity contribution in [1.82, 2.24) is 4.31 Å². The Balaban J connectivity index is 1.57. The van der Waals surface area contributed by atoms with Gasteiger partial charge < -0.3 is 9.15 Å². The molecule has 0 saturated carbocycles. The molecule has 7 nitrogen and oxygen atoms in total. The molecule has 0 amide bonds. The van der Waals surface area contributed by atoms with E-state index in [1.54, 1.807) is 29.3 Å². The molecule has 10 heteroatoms. The van der Waals surface area contributed by atoms with Crippen molar-refractivity contribution in [1.29, 1.82) is 0 Å². The van der Waals surface area contributed by atoms with Crippen LogP contribution < -0.4 is 5.63 Å². The minimum Gasteiger partial charge on any atom is -0.457 e. The predicted molar refractivity (Wildman–Crippen MR) is 117 cm³/mol. The molecule has 158 valence electrons. The summed E-state index contributed by atoms with van der Waals surface area (Å²) >= 11 is 2.73. The van der Waals surface area contributed by atoms with Crippen molar-refractivity contribution in [3.8, 4) is 0 Å². The van der Waals surface area contributed by atoms with Crippen molar-refractivity contribution in [2.75, 3.05) is 24.6 Å². The number of esters is 1. The van der Waals surface area contributed by atoms with Crippen molar-refractivity contribution in [3.63, 3.8) is 0 Å². The Hall–Kier alpha value is -2.14. The number of benzene rings is 1. The molecule has 1 aliphatic heterocycles. The molecule has 0 radical (unpaired) electrons. The highest BCUT2D eigenvalue weighted by Crippen LogP contribution is 2.28. The van der Waals surface area contributed by atoms with Crippen LogP contribution in [-0.2, 0) is 21.4 Å². The van der Waals surface area contributed by atoms with Crippen LogP contribution in [0.25, 0.3) is 11.0 Å². The summed E-state index contributed by atoms with van der Waals surface area (Å²) in [5, 5.41) is 2.23. The van der Waals surface area contributed by atoms with Gasteiger partial charge in [0, 0.05) is 41.6 Å². The first-order valence-corrected chi connectivity index (χ1v) is 12.7. The van der Waals surface area contributed by atoms with Gasteiger partial charge in [-0.2, -0.15) is 16.1 Å². The Bertz CT molecular complexity index is 1260. The highest BCUT2D eigenvalue weighted by Gasteiger charge is 2.31. The van der Waals surface area contributed by atoms with Crippen LogP contribution in [0.4, 0.5) is 0 Å². The molecule has 0 spiro atoms. The van der Waals surface area contributed by atoms with E-state index in [-0.39, 0.29) is 16.4 Å². The summed E-state index contributed by atoms with van der Waals surface area (Å²) in [7, 11) is -3.76. The second-order valence-corrected chi connectivity index (χ2v) is 10.8. The van der Waals surface area contributed by atoms with Crippen molar-refractivity contribution in [3.05, 3.63) is 62.1 Å². The summed E-state index contributed by atoms with van der Waals surface area (Å²) in [6, 6.07) is 8.12. The summed E-state index contributed by atoms with van der Waals surface area (Å²) in [6.07, 6.45) is 0. The van der Waals surface area contributed by atoms with Gasteiger partial charge in [0.15, 0.2) is 0 Å². The van der Waals surface area contributed by atoms with Crippen LogP contribution >= 0.6 is 23.1 Å². The number of hydrogen-bond acceptors (Lipinski definition) is 8. The molecule has 0 aliphatic carbocycles. The van der Waals surface area contributed by atoms with E-state index in [1.807, 2.05) is 13.0 Å². The second kappa shape index (κ2) is 8.54. The van der Waals surface area contributed by atoms with Crippen LogP contribution in [0.1, 0.15) is 20.8 Å². The number of ether oxygens (including phenoxy) is 1. The second-order valence-electron chi connectivity index (χ2n) is 6.80. The zero-order chi connectivity index (χ0) is 21.3. The van der Waals surface area contributed by atoms with Crippen LogP contribution in [0, 0.1) is 6.92 Å². The van der Waals surface area contributed by atoms with Gasteiger partial charge in [0.25, 0.3) is 0 Å². The lowest BCUT2D eigenvalue weighted by atomic mass is 10.1. The molecule has 3 heterocycles. The molecule has 0 unspecified atom stereocenters. The molecule has 2 aromatic heterocycles. The summed E-state index contributed by atoms with van der Waals surface area (Å²) in [5.41, 5.74) is 1.31. The van der Waals surface area contributed by atoms with Crippen LogP contribution in [0.15, 0.2) is 49.8 Å². The number of carbonyl (C=O) groups is 1. The fourth-order valence-electron chi connectivity index (χ4n) is 3.24. The van der Waals surface area contributed by atoms with Crippen molar-refractivity contribution in [2.24, 2.45) is 0 Å². The Morgan fingerprint density at radius 1 is 1.20 bits per heavy atom. The standard InChI is InChI=1S/C20H19NO6S3/c1-13-2-3-15-14(11-18(22)27-16(15)10-13)12-26-20(23)19-17(4-7-29-19)30(24,25)21-5-8-28-9-6-21/h2-4,7,10-11H,5-6,8-9,12H2,1H3. The Morgan fingerprint density at radius 2 is 1.97 bits per heavy atom. The quantitative estimate of drug-likeness (QED) is 0.422. The van der Waals surface area contributed by atoms with Gasteiger partial charge in [-0.1, -0.05) is 12.1 Å². The first-order chi connectivity index (χ1) is 14.4. The smallest absolute Gasteiger partial charge is 0.350 e. The lowest BCUT2D eigenvalue weighted by Crippen LogP contribution is -2.38. The van der Waals surface area contributed by atoms with Crippen molar-refractivity contribution >= 4 is 50.1 Å². The third-order valence-corrected chi connectivity index (χ3v) is 8.65. The van der Waals surface area contributed by atoms with Crippen LogP contribution in [0.2, 0.25) is 0 Å². The average Bonchev–Trinajstić information content (AvgIpc) is 3.23. The Kier molecular flexibility index (Phi) is 6.01. The minimum absolute atomic E-state index is 0.0301. The maximum atomic E-state index is 13.0. The van der Waals surface area contributed by atoms with E-state index < -0.39 is 21.6 Å². The molecular formula is C20H19NO6S3. The predicted octanol–water partition coefficient (Wildman–Crippen LogP) is 3.26. The molecule has 4 rings (SSSR count). The number of sulfonamides is 1. The molecule has 1 fully saturated rings. The first kappa shape index (κ1) is 21.1. The third kappa shape index (κ3) is 4.18. The van der Waals surface area contributed by atoms with E-state index in [0.29, 0.717) is 29.6 Å². The number of nitrogens with zero attached hydrogens (tertiary/aromatic N) is 1. The highest BCUT2D eigenvalue weighted by atomic mass is 32.2. The van der Waals surface area contributed by atoms with E-state index in [2.05, 4.69) is 0 Å². The van der Waals surface area contributed by atoms with E-state index in [9.17, 15) is 18.0 Å². The first-order valence-electron chi connectivity index (χ1n) is 9.22. The van der Waals surface area contributed by atoms with Crippen LogP contribution in [0.5, 0.6) is 0 Å². The topological polar surface area (TPSA) is 93.9 Å². The van der Waals surface area contributed by atoms with Gasteiger partial charge in [0.2, 0.25) is 10.0 Å². The van der Waals surface area contributed by atoms with Gasteiger partial charge in [-0.3, -0.25) is 0 Å². The number of rotatable bonds is 5. The molecular weight excluding hydrogens is 446 g/mol. The number of hydrogen-bond donors (Lipinski definition) is 0. The van der Waals surface area contributed by atoms with Crippen molar-refractivity contribution < 1.29 is 22.4 Å². The lowest BCUT2D eigenvalue weighted by Gasteiger charge is -2.25. The van der Waals surface area contributed by atoms with Gasteiger partial charge >= 0.3 is 11.6 Å². The lowest BCUT2D eigenvalue weighted by molar-refractivity contribution is 0.0475. The highest BCUT2D eigenvalue weighted by molar-refractivity contribution is 7.99. The molecule has 0 bridgehead atoms. The maximum absolute atomic E-state index is 13.0. The van der Waals surface area contributed by atoms with Crippen LogP contribution in [0.3, 0.4) is 0 Å². The largest absolute Gasteiger partial charge is 0.457 e. The molecule has 0 atom stereocenters. The van der Waals surface area contributed by atoms with Gasteiger partial charge in [0.1, 0.15) is 22.0 Å². The fraction of sp³-hybridized carbons (Fsp3) is 0.300. The summed E-state index contributed by atoms with van der Waals surface area (Å²) in [4.78, 5) is 24.6. The third-order valence-electron chi connectivity index (χ3n) is 4.75. The van der Waals surface area contributed by atoms with Gasteiger partial charge in [-0.25, -0.2) is 18.0 Å². The average molecular weight is 466 g/mol. The van der Waals surface area contributed by atoms with Gasteiger partial charge in [-0.05, 0) is 30.0 Å². The van der Waals surface area contributed by atoms with E-state index in [4.69, 9.17) is 9.15 Å². The molecule has 1 saturated heterocycles. The molecule has 3 aromatic rings. The Labute approximate surface area is 181 Å². The molecule has 30 heavy (non-hydrogen) atoms. The fourth-order valence-corrected chi connectivity index (χ4v) is 7.10. The normalized spacial score (nSPS) is 15.4.